The Morgan fingerprint density at radius 3 is 1.73 bits per heavy atom. The number of aromatic nitrogens is 2. The molecule has 2 N–H and O–H groups in total. The summed E-state index contributed by atoms with van der Waals surface area (Å²) in [6.45, 7) is 15.5. The van der Waals surface area contributed by atoms with Crippen molar-refractivity contribution in [1.29, 1.82) is 0 Å². The highest BCUT2D eigenvalue weighted by molar-refractivity contribution is 7.88. The van der Waals surface area contributed by atoms with Crippen LogP contribution < -0.4 is 19.5 Å². The lowest BCUT2D eigenvalue weighted by atomic mass is 10.5. The second kappa shape index (κ2) is 14.3. The van der Waals surface area contributed by atoms with Gasteiger partial charge >= 0.3 is 0 Å². The molecule has 0 spiro atoms. The summed E-state index contributed by atoms with van der Waals surface area (Å²) in [4.78, 5) is 13.2. The van der Waals surface area contributed by atoms with Crippen LogP contribution >= 0.6 is 0 Å². The summed E-state index contributed by atoms with van der Waals surface area (Å²) in [5.74, 6) is 1.19. The summed E-state index contributed by atoms with van der Waals surface area (Å²) in [6.07, 6.45) is 1.12. The number of anilines is 1. The quantitative estimate of drug-likeness (QED) is 0.337. The molecule has 174 valence electrons. The third kappa shape index (κ3) is 11.5. The van der Waals surface area contributed by atoms with E-state index < -0.39 is 10.0 Å². The zero-order valence-electron chi connectivity index (χ0n) is 19.0. The molecule has 0 saturated carbocycles. The van der Waals surface area contributed by atoms with Crippen molar-refractivity contribution >= 4 is 16.0 Å². The minimum absolute atomic E-state index is 0.230. The first kappa shape index (κ1) is 26.3. The van der Waals surface area contributed by atoms with E-state index in [-0.39, 0.29) is 6.54 Å². The van der Waals surface area contributed by atoms with Crippen LogP contribution in [0.2, 0.25) is 0 Å². The minimum atomic E-state index is -3.24. The molecule has 0 aliphatic rings. The van der Waals surface area contributed by atoms with E-state index in [9.17, 15) is 8.42 Å². The number of rotatable bonds is 17. The molecule has 1 rings (SSSR count). The fourth-order valence-electron chi connectivity index (χ4n) is 2.68. The Labute approximate surface area is 181 Å². The van der Waals surface area contributed by atoms with Crippen LogP contribution in [-0.2, 0) is 10.0 Å². The molecule has 0 atom stereocenters. The van der Waals surface area contributed by atoms with E-state index in [1.165, 1.54) is 0 Å². The van der Waals surface area contributed by atoms with Crippen LogP contribution in [0.4, 0.5) is 5.95 Å². The van der Waals surface area contributed by atoms with Crippen molar-refractivity contribution in [3.63, 3.8) is 0 Å². The highest BCUT2D eigenvalue weighted by Crippen LogP contribution is 2.18. The van der Waals surface area contributed by atoms with Crippen molar-refractivity contribution < 1.29 is 17.9 Å². The minimum Gasteiger partial charge on any atom is -0.476 e. The summed E-state index contributed by atoms with van der Waals surface area (Å²) < 4.78 is 36.4. The maximum absolute atomic E-state index is 11.2. The smallest absolute Gasteiger partial charge is 0.229 e. The first-order valence-corrected chi connectivity index (χ1v) is 12.5. The normalized spacial score (nSPS) is 11.8. The van der Waals surface area contributed by atoms with Crippen molar-refractivity contribution in [1.82, 2.24) is 24.5 Å². The monoisotopic (exact) mass is 446 g/mol. The van der Waals surface area contributed by atoms with Gasteiger partial charge in [-0.2, -0.15) is 9.97 Å². The fourth-order valence-corrected chi connectivity index (χ4v) is 3.15. The second-order valence-corrected chi connectivity index (χ2v) is 8.55. The summed E-state index contributed by atoms with van der Waals surface area (Å²) in [5.41, 5.74) is 0. The molecule has 0 bridgehead atoms. The number of sulfonamides is 1. The van der Waals surface area contributed by atoms with Crippen LogP contribution in [0.15, 0.2) is 6.07 Å². The molecule has 30 heavy (non-hydrogen) atoms. The molecule has 1 aromatic rings. The number of nitrogens with one attached hydrogen (secondary N) is 2. The zero-order chi connectivity index (χ0) is 22.4. The van der Waals surface area contributed by atoms with E-state index in [0.29, 0.717) is 37.5 Å². The fraction of sp³-hybridized carbons (Fsp3) is 0.789. The van der Waals surface area contributed by atoms with E-state index in [4.69, 9.17) is 9.47 Å². The van der Waals surface area contributed by atoms with Gasteiger partial charge in [-0.25, -0.2) is 13.1 Å². The molecular weight excluding hydrogens is 408 g/mol. The molecule has 0 radical (unpaired) electrons. The van der Waals surface area contributed by atoms with Crippen molar-refractivity contribution in [2.45, 2.75) is 27.7 Å². The highest BCUT2D eigenvalue weighted by Gasteiger charge is 2.09. The third-order valence-corrected chi connectivity index (χ3v) is 5.28. The van der Waals surface area contributed by atoms with Gasteiger partial charge in [0.25, 0.3) is 0 Å². The third-order valence-electron chi connectivity index (χ3n) is 4.56. The summed E-state index contributed by atoms with van der Waals surface area (Å²) in [7, 11) is -3.24. The van der Waals surface area contributed by atoms with Crippen LogP contribution in [0.3, 0.4) is 0 Å². The van der Waals surface area contributed by atoms with E-state index in [1.807, 2.05) is 0 Å². The van der Waals surface area contributed by atoms with Gasteiger partial charge in [-0.3, -0.25) is 0 Å². The van der Waals surface area contributed by atoms with Gasteiger partial charge in [-0.05, 0) is 26.2 Å². The van der Waals surface area contributed by atoms with Crippen LogP contribution in [0, 0.1) is 0 Å². The first-order chi connectivity index (χ1) is 14.3. The zero-order valence-corrected chi connectivity index (χ0v) is 19.8. The standard InChI is InChI=1S/C19H38N6O4S/c1-6-24(7-2)12-14-28-17-16-18(29-15-13-25(8-3)9-4)23-19(22-17)20-10-11-21-30(5,26)27/h16,21H,6-15H2,1-5H3,(H,20,22,23). The molecule has 0 saturated heterocycles. The van der Waals surface area contributed by atoms with Gasteiger partial charge in [0, 0.05) is 26.2 Å². The van der Waals surface area contributed by atoms with Gasteiger partial charge in [-0.1, -0.05) is 27.7 Å². The molecular formula is C19H38N6O4S. The lowest BCUT2D eigenvalue weighted by molar-refractivity contribution is 0.209. The molecule has 0 aliphatic carbocycles. The van der Waals surface area contributed by atoms with Crippen molar-refractivity contribution in [2.75, 3.05) is 77.1 Å². The first-order valence-electron chi connectivity index (χ1n) is 10.6. The molecule has 1 heterocycles. The Balaban J connectivity index is 2.73. The molecule has 10 nitrogen and oxygen atoms in total. The van der Waals surface area contributed by atoms with Gasteiger partial charge in [-0.15, -0.1) is 0 Å². The number of likely N-dealkylation sites (N-methyl/N-ethyl adjacent to an activating group) is 2. The Morgan fingerprint density at radius 2 is 1.33 bits per heavy atom. The van der Waals surface area contributed by atoms with Crippen LogP contribution in [0.1, 0.15) is 27.7 Å². The van der Waals surface area contributed by atoms with Crippen molar-refractivity contribution in [3.05, 3.63) is 6.07 Å². The van der Waals surface area contributed by atoms with Crippen LogP contribution in [0.5, 0.6) is 11.8 Å². The average molecular weight is 447 g/mol. The van der Waals surface area contributed by atoms with E-state index >= 15 is 0 Å². The average Bonchev–Trinajstić information content (AvgIpc) is 2.71. The molecule has 0 aromatic carbocycles. The Kier molecular flexibility index (Phi) is 12.6. The summed E-state index contributed by atoms with van der Waals surface area (Å²) in [6, 6.07) is 1.68. The lowest BCUT2D eigenvalue weighted by Gasteiger charge is -2.19. The predicted molar refractivity (Wildman–Crippen MR) is 120 cm³/mol. The number of hydrogen-bond donors (Lipinski definition) is 2. The van der Waals surface area contributed by atoms with Crippen molar-refractivity contribution in [3.8, 4) is 11.8 Å². The van der Waals surface area contributed by atoms with E-state index in [0.717, 1.165) is 45.5 Å². The Bertz CT molecular complexity index is 660. The van der Waals surface area contributed by atoms with E-state index in [1.54, 1.807) is 6.07 Å². The topological polar surface area (TPSA) is 109 Å². The maximum Gasteiger partial charge on any atom is 0.229 e. The SMILES string of the molecule is CCN(CC)CCOc1cc(OCCN(CC)CC)nc(NCCNS(C)(=O)=O)n1. The van der Waals surface area contributed by atoms with Gasteiger partial charge in [0.15, 0.2) is 0 Å². The molecule has 0 amide bonds. The lowest BCUT2D eigenvalue weighted by Crippen LogP contribution is -2.29. The van der Waals surface area contributed by atoms with Gasteiger partial charge in [0.05, 0.1) is 12.3 Å². The Hall–Kier alpha value is -1.69. The van der Waals surface area contributed by atoms with Gasteiger partial charge in [0.2, 0.25) is 27.7 Å². The largest absolute Gasteiger partial charge is 0.476 e. The van der Waals surface area contributed by atoms with Gasteiger partial charge < -0.3 is 24.6 Å². The van der Waals surface area contributed by atoms with Gasteiger partial charge in [0.1, 0.15) is 13.2 Å². The summed E-state index contributed by atoms with van der Waals surface area (Å²) >= 11 is 0. The maximum atomic E-state index is 11.2. The molecule has 0 unspecified atom stereocenters. The predicted octanol–water partition coefficient (Wildman–Crippen LogP) is 0.879. The molecule has 11 heteroatoms. The van der Waals surface area contributed by atoms with Crippen LogP contribution in [0.25, 0.3) is 0 Å². The van der Waals surface area contributed by atoms with E-state index in [2.05, 4.69) is 57.5 Å². The second-order valence-electron chi connectivity index (χ2n) is 6.71. The molecule has 0 aliphatic heterocycles. The van der Waals surface area contributed by atoms with Crippen LogP contribution in [-0.4, -0.2) is 100 Å². The summed E-state index contributed by atoms with van der Waals surface area (Å²) in [5, 5.41) is 3.01. The Morgan fingerprint density at radius 1 is 0.867 bits per heavy atom. The van der Waals surface area contributed by atoms with Crippen molar-refractivity contribution in [2.24, 2.45) is 0 Å². The molecule has 1 aromatic heterocycles. The number of nitrogens with zero attached hydrogens (tertiary/aromatic N) is 4. The number of ether oxygens (including phenoxy) is 2. The molecule has 0 fully saturated rings. The highest BCUT2D eigenvalue weighted by atomic mass is 32.2. The number of hydrogen-bond acceptors (Lipinski definition) is 9.